The van der Waals surface area contributed by atoms with Crippen molar-refractivity contribution in [3.05, 3.63) is 12.4 Å². The van der Waals surface area contributed by atoms with Gasteiger partial charge in [-0.15, -0.1) is 0 Å². The Labute approximate surface area is 267 Å². The van der Waals surface area contributed by atoms with Gasteiger partial charge in [-0.2, -0.15) is 0 Å². The van der Waals surface area contributed by atoms with Gasteiger partial charge in [-0.1, -0.05) is 201 Å². The summed E-state index contributed by atoms with van der Waals surface area (Å²) in [6.07, 6.45) is 51.4. The zero-order valence-corrected chi connectivity index (χ0v) is 29.7. The summed E-state index contributed by atoms with van der Waals surface area (Å²) in [6.45, 7) is 9.48. The lowest BCUT2D eigenvalue weighted by molar-refractivity contribution is 0.135. The maximum atomic E-state index is 2.72. The minimum Gasteiger partial charge on any atom is -0.356 e. The normalized spacial score (nSPS) is 15.0. The molecule has 0 aromatic rings. The molecular formula is C40H80N2. The van der Waals surface area contributed by atoms with Crippen LogP contribution >= 0.6 is 0 Å². The first-order valence-electron chi connectivity index (χ1n) is 20.0. The van der Waals surface area contributed by atoms with Gasteiger partial charge in [-0.05, 0) is 25.7 Å². The van der Waals surface area contributed by atoms with Crippen molar-refractivity contribution in [2.75, 3.05) is 13.1 Å². The van der Waals surface area contributed by atoms with Gasteiger partial charge < -0.3 is 9.80 Å². The molecule has 0 aliphatic carbocycles. The van der Waals surface area contributed by atoms with Gasteiger partial charge in [-0.25, -0.2) is 0 Å². The number of unbranched alkanes of at least 4 members (excludes halogenated alkanes) is 28. The predicted molar refractivity (Wildman–Crippen MR) is 191 cm³/mol. The summed E-state index contributed by atoms with van der Waals surface area (Å²) in [4.78, 5) is 5.43. The first-order chi connectivity index (χ1) is 20.8. The highest BCUT2D eigenvalue weighted by Gasteiger charge is 2.24. The summed E-state index contributed by atoms with van der Waals surface area (Å²) in [6, 6.07) is 0. The Bertz CT molecular complexity index is 544. The molecule has 1 atom stereocenters. The zero-order valence-electron chi connectivity index (χ0n) is 29.7. The minimum absolute atomic E-state index is 0.640. The standard InChI is InChI=1S/C40H80N2/c1-4-7-10-13-16-19-20-21-22-23-24-25-28-31-34-37-42-39-38-41(36-33-30-27-18-15-12-9-6-3)40(42)35-32-29-26-17-14-11-8-5-2/h38-40H,4-37H2,1-3H3. The van der Waals surface area contributed by atoms with Crippen LogP contribution in [0, 0.1) is 0 Å². The van der Waals surface area contributed by atoms with Crippen molar-refractivity contribution in [3.8, 4) is 0 Å². The van der Waals surface area contributed by atoms with Crippen LogP contribution in [0.15, 0.2) is 12.4 Å². The van der Waals surface area contributed by atoms with Gasteiger partial charge in [0.2, 0.25) is 0 Å². The second kappa shape index (κ2) is 31.8. The quantitative estimate of drug-likeness (QED) is 0.0690. The van der Waals surface area contributed by atoms with E-state index in [0.29, 0.717) is 6.17 Å². The van der Waals surface area contributed by atoms with Crippen LogP contribution in [0.25, 0.3) is 0 Å². The Morgan fingerprint density at radius 2 is 0.548 bits per heavy atom. The third-order valence-electron chi connectivity index (χ3n) is 9.82. The van der Waals surface area contributed by atoms with Crippen molar-refractivity contribution in [1.29, 1.82) is 0 Å². The molecule has 0 saturated heterocycles. The van der Waals surface area contributed by atoms with E-state index in [1.807, 2.05) is 0 Å². The largest absolute Gasteiger partial charge is 0.356 e. The van der Waals surface area contributed by atoms with Gasteiger partial charge in [0.25, 0.3) is 0 Å². The molecule has 0 saturated carbocycles. The molecule has 1 aliphatic heterocycles. The third kappa shape index (κ3) is 23.8. The number of rotatable bonds is 34. The van der Waals surface area contributed by atoms with Crippen molar-refractivity contribution in [2.24, 2.45) is 0 Å². The van der Waals surface area contributed by atoms with E-state index >= 15 is 0 Å². The Balaban J connectivity index is 2.17. The topological polar surface area (TPSA) is 6.48 Å². The van der Waals surface area contributed by atoms with Gasteiger partial charge in [-0.3, -0.25) is 0 Å². The van der Waals surface area contributed by atoms with Crippen LogP contribution < -0.4 is 0 Å². The zero-order chi connectivity index (χ0) is 30.2. The van der Waals surface area contributed by atoms with Crippen LogP contribution in [0.5, 0.6) is 0 Å². The molecule has 1 aliphatic rings. The third-order valence-corrected chi connectivity index (χ3v) is 9.82. The fourth-order valence-electron chi connectivity index (χ4n) is 6.89. The highest BCUT2D eigenvalue weighted by molar-refractivity contribution is 4.97. The van der Waals surface area contributed by atoms with E-state index in [0.717, 1.165) is 0 Å². The van der Waals surface area contributed by atoms with Gasteiger partial charge >= 0.3 is 0 Å². The summed E-state index contributed by atoms with van der Waals surface area (Å²) in [5, 5.41) is 0. The van der Waals surface area contributed by atoms with Crippen LogP contribution in [-0.2, 0) is 0 Å². The first-order valence-corrected chi connectivity index (χ1v) is 20.0. The van der Waals surface area contributed by atoms with Crippen molar-refractivity contribution in [1.82, 2.24) is 9.80 Å². The summed E-state index contributed by atoms with van der Waals surface area (Å²) in [5.41, 5.74) is 0. The van der Waals surface area contributed by atoms with Gasteiger partial charge in [0, 0.05) is 25.5 Å². The molecule has 2 nitrogen and oxygen atoms in total. The number of nitrogens with zero attached hydrogens (tertiary/aromatic N) is 2. The predicted octanol–water partition coefficient (Wildman–Crippen LogP) is 13.9. The Hall–Kier alpha value is -0.660. The van der Waals surface area contributed by atoms with Crippen molar-refractivity contribution >= 4 is 0 Å². The number of hydrogen-bond acceptors (Lipinski definition) is 2. The minimum atomic E-state index is 0.640. The molecule has 0 spiro atoms. The maximum absolute atomic E-state index is 2.72. The lowest BCUT2D eigenvalue weighted by atomic mass is 10.0. The molecule has 250 valence electrons. The molecule has 0 bridgehead atoms. The maximum Gasteiger partial charge on any atom is 0.101 e. The number of hydrogen-bond donors (Lipinski definition) is 0. The Kier molecular flexibility index (Phi) is 29.8. The summed E-state index contributed by atoms with van der Waals surface area (Å²) < 4.78 is 0. The van der Waals surface area contributed by atoms with E-state index in [2.05, 4.69) is 43.0 Å². The average Bonchev–Trinajstić information content (AvgIpc) is 3.38. The van der Waals surface area contributed by atoms with Crippen molar-refractivity contribution in [2.45, 2.75) is 232 Å². The van der Waals surface area contributed by atoms with E-state index in [-0.39, 0.29) is 0 Å². The fraction of sp³-hybridized carbons (Fsp3) is 0.950. The lowest BCUT2D eigenvalue weighted by Gasteiger charge is -2.33. The molecule has 0 N–H and O–H groups in total. The molecule has 0 fully saturated rings. The molecule has 1 rings (SSSR count). The molecule has 0 radical (unpaired) electrons. The molecule has 1 unspecified atom stereocenters. The highest BCUT2D eigenvalue weighted by Crippen LogP contribution is 2.24. The second-order valence-corrected chi connectivity index (χ2v) is 13.9. The lowest BCUT2D eigenvalue weighted by Crippen LogP contribution is -2.39. The summed E-state index contributed by atoms with van der Waals surface area (Å²) in [7, 11) is 0. The van der Waals surface area contributed by atoms with Crippen molar-refractivity contribution in [3.63, 3.8) is 0 Å². The molecule has 0 aromatic carbocycles. The van der Waals surface area contributed by atoms with E-state index in [4.69, 9.17) is 0 Å². The van der Waals surface area contributed by atoms with E-state index in [1.54, 1.807) is 0 Å². The SMILES string of the molecule is CCCCCCCCCCCCCCCCCN1C=CN(CCCCCCCCCC)C1CCCCCCCCCC. The Morgan fingerprint density at radius 1 is 0.310 bits per heavy atom. The fourth-order valence-corrected chi connectivity index (χ4v) is 6.89. The molecule has 0 aromatic heterocycles. The monoisotopic (exact) mass is 589 g/mol. The van der Waals surface area contributed by atoms with Gasteiger partial charge in [0.1, 0.15) is 6.17 Å². The summed E-state index contributed by atoms with van der Waals surface area (Å²) in [5.74, 6) is 0. The summed E-state index contributed by atoms with van der Waals surface area (Å²) >= 11 is 0. The molecular weight excluding hydrogens is 508 g/mol. The van der Waals surface area contributed by atoms with Crippen LogP contribution in [0.4, 0.5) is 0 Å². The highest BCUT2D eigenvalue weighted by atomic mass is 15.4. The van der Waals surface area contributed by atoms with E-state index in [9.17, 15) is 0 Å². The molecule has 42 heavy (non-hydrogen) atoms. The van der Waals surface area contributed by atoms with Gasteiger partial charge in [0.05, 0.1) is 0 Å². The van der Waals surface area contributed by atoms with Crippen LogP contribution in [0.2, 0.25) is 0 Å². The Morgan fingerprint density at radius 3 is 0.833 bits per heavy atom. The van der Waals surface area contributed by atoms with Crippen molar-refractivity contribution < 1.29 is 0 Å². The first kappa shape index (κ1) is 39.4. The smallest absolute Gasteiger partial charge is 0.101 e. The van der Waals surface area contributed by atoms with Crippen LogP contribution in [-0.4, -0.2) is 29.1 Å². The molecule has 0 amide bonds. The molecule has 1 heterocycles. The van der Waals surface area contributed by atoms with E-state index in [1.165, 1.54) is 219 Å². The van der Waals surface area contributed by atoms with Crippen LogP contribution in [0.3, 0.4) is 0 Å². The average molecular weight is 589 g/mol. The van der Waals surface area contributed by atoms with Gasteiger partial charge in [0.15, 0.2) is 0 Å². The van der Waals surface area contributed by atoms with E-state index < -0.39 is 0 Å². The molecule has 2 heteroatoms. The van der Waals surface area contributed by atoms with Crippen LogP contribution in [0.1, 0.15) is 226 Å². The second-order valence-electron chi connectivity index (χ2n) is 13.9.